The van der Waals surface area contributed by atoms with Crippen LogP contribution in [0.3, 0.4) is 0 Å². The van der Waals surface area contributed by atoms with Crippen molar-refractivity contribution in [1.82, 2.24) is 45.4 Å². The normalized spacial score (nSPS) is 11.2. The van der Waals surface area contributed by atoms with Gasteiger partial charge in [0.1, 0.15) is 56.4 Å². The summed E-state index contributed by atoms with van der Waals surface area (Å²) in [4.78, 5) is 3.00. The minimum absolute atomic E-state index is 0. The van der Waals surface area contributed by atoms with Crippen LogP contribution in [-0.4, -0.2) is 83.8 Å². The van der Waals surface area contributed by atoms with Crippen molar-refractivity contribution in [3.63, 3.8) is 0 Å². The molecule has 0 saturated heterocycles. The van der Waals surface area contributed by atoms with Gasteiger partial charge in [-0.15, -0.1) is 40.2 Å². The number of rotatable bonds is 6. The van der Waals surface area contributed by atoms with Crippen molar-refractivity contribution < 1.29 is 72.1 Å². The molecule has 19 heteroatoms. The Morgan fingerprint density at radius 1 is 0.455 bits per heavy atom. The fourth-order valence-corrected chi connectivity index (χ4v) is 7.42. The Hall–Kier alpha value is -5.27. The number of para-hydroxylation sites is 2. The van der Waals surface area contributed by atoms with Crippen LogP contribution in [0, 0.1) is 0 Å². The molecule has 3 N–H and O–H groups in total. The summed E-state index contributed by atoms with van der Waals surface area (Å²) >= 11 is 12.1. The molecule has 0 aliphatic heterocycles. The second kappa shape index (κ2) is 28.6. The van der Waals surface area contributed by atoms with Gasteiger partial charge >= 0.3 is 38.0 Å². The average molecular weight is 1240 g/mol. The molecule has 15 nitrogen and oxygen atoms in total. The van der Waals surface area contributed by atoms with Crippen LogP contribution in [0.15, 0.2) is 121 Å². The van der Waals surface area contributed by atoms with Gasteiger partial charge < -0.3 is 30.3 Å². The number of aromatic amines is 1. The van der Waals surface area contributed by atoms with E-state index in [9.17, 15) is 10.2 Å². The molecule has 0 amide bonds. The van der Waals surface area contributed by atoms with E-state index in [1.807, 2.05) is 84.9 Å². The summed E-state index contributed by atoms with van der Waals surface area (Å²) in [7, 11) is 7.00. The summed E-state index contributed by atoms with van der Waals surface area (Å²) in [5.41, 5.74) is 7.57. The molecule has 0 aliphatic rings. The number of aromatic nitrogens is 9. The van der Waals surface area contributed by atoms with Crippen LogP contribution in [0.5, 0.6) is 34.8 Å². The molecule has 0 saturated carbocycles. The number of halogens is 2. The van der Waals surface area contributed by atoms with E-state index in [1.54, 1.807) is 52.5 Å². The van der Waals surface area contributed by atoms with Crippen LogP contribution in [-0.2, 0) is 74.1 Å². The summed E-state index contributed by atoms with van der Waals surface area (Å²) in [5.74, 6) is 2.38. The van der Waals surface area contributed by atoms with Gasteiger partial charge in [0.15, 0.2) is 0 Å². The number of phenolic OH excluding ortho intramolecular Hbond substituents is 2. The predicted molar refractivity (Wildman–Crippen MR) is 306 cm³/mol. The molecule has 0 fully saturated rings. The van der Waals surface area contributed by atoms with Gasteiger partial charge in [0.2, 0.25) is 0 Å². The van der Waals surface area contributed by atoms with E-state index in [0.717, 1.165) is 33.3 Å². The first-order chi connectivity index (χ1) is 35.2. The molecule has 0 atom stereocenters. The molecule has 9 rings (SSSR count). The van der Waals surface area contributed by atoms with E-state index >= 15 is 0 Å². The molecular formula is C58H71Cl2N11O4Zr2. The first-order valence-corrected chi connectivity index (χ1v) is 25.1. The number of hydrogen-bond acceptors (Lipinski definition) is 10. The third-order valence-electron chi connectivity index (χ3n) is 11.0. The molecular weight excluding hydrogens is 1170 g/mol. The van der Waals surface area contributed by atoms with Gasteiger partial charge in [-0.05, 0) is 106 Å². The summed E-state index contributed by atoms with van der Waals surface area (Å²) in [6.07, 6.45) is 0. The molecule has 3 heterocycles. The van der Waals surface area contributed by atoms with Crippen molar-refractivity contribution in [3.05, 3.63) is 164 Å². The molecule has 0 unspecified atom stereocenters. The largest absolute Gasteiger partial charge is 2.00 e. The van der Waals surface area contributed by atoms with Gasteiger partial charge in [-0.1, -0.05) is 155 Å². The maximum absolute atomic E-state index is 10.9. The second-order valence-corrected chi connectivity index (χ2v) is 22.6. The Balaban J connectivity index is 0.000000287. The maximum Gasteiger partial charge on any atom is 2.00 e. The van der Waals surface area contributed by atoms with Gasteiger partial charge in [0, 0.05) is 47.4 Å². The molecule has 6 aromatic carbocycles. The van der Waals surface area contributed by atoms with Gasteiger partial charge in [-0.3, -0.25) is 0 Å². The van der Waals surface area contributed by atoms with Crippen LogP contribution in [0.1, 0.15) is 105 Å². The van der Waals surface area contributed by atoms with Gasteiger partial charge in [-0.2, -0.15) is 33.4 Å². The van der Waals surface area contributed by atoms with Crippen molar-refractivity contribution in [2.24, 2.45) is 0 Å². The topological polar surface area (TPSA) is 190 Å². The summed E-state index contributed by atoms with van der Waals surface area (Å²) in [6, 6.07) is 37.6. The van der Waals surface area contributed by atoms with Gasteiger partial charge in [0.25, 0.3) is 0 Å². The number of phenols is 2. The molecule has 0 radical (unpaired) electrons. The van der Waals surface area contributed by atoms with Crippen LogP contribution in [0.4, 0.5) is 0 Å². The Kier molecular flexibility index (Phi) is 24.5. The number of nitrogens with zero attached hydrogens (tertiary/aromatic N) is 10. The number of ether oxygens (including phenoxy) is 2. The van der Waals surface area contributed by atoms with E-state index in [4.69, 9.17) is 32.7 Å². The van der Waals surface area contributed by atoms with Crippen molar-refractivity contribution in [1.29, 1.82) is 0 Å². The van der Waals surface area contributed by atoms with Crippen molar-refractivity contribution in [2.75, 3.05) is 28.2 Å². The zero-order valence-corrected chi connectivity index (χ0v) is 53.4. The summed E-state index contributed by atoms with van der Waals surface area (Å²) in [5, 5.41) is 58.5. The van der Waals surface area contributed by atoms with E-state index in [-0.39, 0.29) is 85.6 Å². The van der Waals surface area contributed by atoms with E-state index in [0.29, 0.717) is 55.7 Å². The number of H-pyrrole nitrogens is 1. The standard InChI is InChI=1S/2C20H24ClN3O.C14H11N3O2.2C2H6N.2Zr/c2*1-19(2,3)12-9-14(20(4,5)6)18(25)17(10-12)24-22-15-8-7-13(21)11-16(15)23-24;1-3-7-11(8-4-1)18-13-14(16-17-15-13)19-12-9-5-2-6-10-12;2*1-3-2;;/h2*7-11,25H,1-6H3;1-10H,(H,15,16,17);2*1-2H3;;/q;;;2*-1;;+2. The van der Waals surface area contributed by atoms with E-state index < -0.39 is 0 Å². The minimum atomic E-state index is -0.198. The van der Waals surface area contributed by atoms with E-state index in [1.165, 1.54) is 9.59 Å². The Labute approximate surface area is 502 Å². The quantitative estimate of drug-likeness (QED) is 0.144. The number of fused-ring (bicyclic) bond motifs is 2. The molecule has 0 spiro atoms. The molecule has 404 valence electrons. The van der Waals surface area contributed by atoms with Crippen molar-refractivity contribution in [3.8, 4) is 46.1 Å². The second-order valence-electron chi connectivity index (χ2n) is 21.7. The molecule has 9 aromatic rings. The first kappa shape index (κ1) is 66.0. The van der Waals surface area contributed by atoms with Crippen molar-refractivity contribution in [2.45, 2.75) is 105 Å². The van der Waals surface area contributed by atoms with Crippen LogP contribution < -0.4 is 9.47 Å². The van der Waals surface area contributed by atoms with Crippen molar-refractivity contribution >= 4 is 45.3 Å². The van der Waals surface area contributed by atoms with Crippen LogP contribution in [0.25, 0.3) is 44.1 Å². The van der Waals surface area contributed by atoms with E-state index in [2.05, 4.69) is 142 Å². The third-order valence-corrected chi connectivity index (χ3v) is 11.5. The first-order valence-electron chi connectivity index (χ1n) is 24.3. The zero-order valence-electron chi connectivity index (χ0n) is 47.0. The van der Waals surface area contributed by atoms with Crippen LogP contribution >= 0.6 is 23.2 Å². The third kappa shape index (κ3) is 18.4. The minimum Gasteiger partial charge on any atom is -0.668 e. The molecule has 0 aliphatic carbocycles. The van der Waals surface area contributed by atoms with Crippen LogP contribution in [0.2, 0.25) is 10.0 Å². The fourth-order valence-electron chi connectivity index (χ4n) is 7.09. The molecule has 3 aromatic heterocycles. The number of nitrogens with one attached hydrogen (secondary N) is 1. The summed E-state index contributed by atoms with van der Waals surface area (Å²) < 4.78 is 11.2. The zero-order chi connectivity index (χ0) is 55.5. The number of hydrogen-bond donors (Lipinski definition) is 3. The molecule has 77 heavy (non-hydrogen) atoms. The number of benzene rings is 6. The SMILES string of the molecule is CC(C)(C)c1cc(-n2nc3ccc(Cl)cc3n2)c(O)c(C(C)(C)C)c1.CC(C)(C)c1cc(-n2nc3ccc(Cl)cc3n2)c(O)c(C(C)(C)C)c1.C[N-]C.C[N-]C.[Zr+2].[Zr].c1ccc(Oc2n[nH]nc2Oc2ccccc2)cc1. The maximum atomic E-state index is 10.9. The van der Waals surface area contributed by atoms with Gasteiger partial charge in [0.05, 0.1) is 0 Å². The predicted octanol–water partition coefficient (Wildman–Crippen LogP) is 15.4. The number of aromatic hydroxyl groups is 2. The Morgan fingerprint density at radius 2 is 0.766 bits per heavy atom. The fraction of sp³-hybridized carbons (Fsp3) is 0.345. The smallest absolute Gasteiger partial charge is 0.668 e. The Morgan fingerprint density at radius 3 is 1.06 bits per heavy atom. The summed E-state index contributed by atoms with van der Waals surface area (Å²) in [6.45, 7) is 25.5. The average Bonchev–Trinajstić information content (AvgIpc) is 4.07. The molecule has 0 bridgehead atoms. The monoisotopic (exact) mass is 1240 g/mol. The van der Waals surface area contributed by atoms with Gasteiger partial charge in [-0.25, -0.2) is 0 Å². The Bertz CT molecular complexity index is 3050.